The first kappa shape index (κ1) is 21.5. The van der Waals surface area contributed by atoms with Gasteiger partial charge in [-0.15, -0.1) is 0 Å². The Bertz CT molecular complexity index is 1200. The van der Waals surface area contributed by atoms with Crippen LogP contribution in [0.1, 0.15) is 17.5 Å². The van der Waals surface area contributed by atoms with Crippen LogP contribution < -0.4 is 5.32 Å². The summed E-state index contributed by atoms with van der Waals surface area (Å²) in [5, 5.41) is 4.43. The molecule has 0 bridgehead atoms. The highest BCUT2D eigenvalue weighted by Crippen LogP contribution is 2.20. The first-order chi connectivity index (χ1) is 14.2. The van der Waals surface area contributed by atoms with Crippen molar-refractivity contribution in [3.63, 3.8) is 0 Å². The van der Waals surface area contributed by atoms with E-state index in [2.05, 4.69) is 5.32 Å². The number of esters is 1. The number of anilines is 1. The maximum absolute atomic E-state index is 12.5. The van der Waals surface area contributed by atoms with Gasteiger partial charge in [-0.25, -0.2) is 8.42 Å². The fourth-order valence-corrected chi connectivity index (χ4v) is 4.22. The fraction of sp³-hybridized carbons (Fsp3) is 0.217. The van der Waals surface area contributed by atoms with Crippen molar-refractivity contribution in [2.24, 2.45) is 0 Å². The molecular weight excluding hydrogens is 402 g/mol. The van der Waals surface area contributed by atoms with Crippen LogP contribution in [-0.2, 0) is 24.2 Å². The van der Waals surface area contributed by atoms with Gasteiger partial charge >= 0.3 is 5.97 Å². The zero-order chi connectivity index (χ0) is 21.7. The number of nitrogens with one attached hydrogen (secondary N) is 1. The van der Waals surface area contributed by atoms with Gasteiger partial charge in [0.25, 0.3) is 5.91 Å². The average molecular weight is 426 g/mol. The van der Waals surface area contributed by atoms with E-state index in [9.17, 15) is 18.0 Å². The first-order valence-corrected chi connectivity index (χ1v) is 11.1. The largest absolute Gasteiger partial charge is 0.456 e. The van der Waals surface area contributed by atoms with Crippen LogP contribution in [0.15, 0.2) is 65.6 Å². The van der Waals surface area contributed by atoms with E-state index < -0.39 is 28.3 Å². The number of carbonyl (C=O) groups is 2. The van der Waals surface area contributed by atoms with Gasteiger partial charge in [-0.3, -0.25) is 9.59 Å². The van der Waals surface area contributed by atoms with Gasteiger partial charge in [0.2, 0.25) is 0 Å². The number of aryl methyl sites for hydroxylation is 2. The highest BCUT2D eigenvalue weighted by molar-refractivity contribution is 7.91. The second-order valence-electron chi connectivity index (χ2n) is 7.11. The van der Waals surface area contributed by atoms with Crippen molar-refractivity contribution >= 4 is 38.2 Å². The number of benzene rings is 3. The molecule has 0 atom stereocenters. The molecule has 0 aliphatic carbocycles. The number of amides is 1. The van der Waals surface area contributed by atoms with Gasteiger partial charge in [-0.1, -0.05) is 42.5 Å². The Morgan fingerprint density at radius 3 is 2.43 bits per heavy atom. The van der Waals surface area contributed by atoms with E-state index in [1.54, 1.807) is 12.1 Å². The minimum Gasteiger partial charge on any atom is -0.456 e. The summed E-state index contributed by atoms with van der Waals surface area (Å²) in [6.07, 6.45) is -0.327. The molecule has 0 aromatic heterocycles. The molecule has 0 radical (unpaired) electrons. The fourth-order valence-electron chi connectivity index (χ4n) is 2.97. The first-order valence-electron chi connectivity index (χ1n) is 9.49. The molecule has 0 aliphatic rings. The lowest BCUT2D eigenvalue weighted by molar-refractivity contribution is -0.146. The zero-order valence-corrected chi connectivity index (χ0v) is 17.7. The predicted molar refractivity (Wildman–Crippen MR) is 116 cm³/mol. The van der Waals surface area contributed by atoms with E-state index in [1.165, 1.54) is 6.07 Å². The van der Waals surface area contributed by atoms with Crippen LogP contribution in [0.4, 0.5) is 5.69 Å². The predicted octanol–water partition coefficient (Wildman–Crippen LogP) is 3.80. The summed E-state index contributed by atoms with van der Waals surface area (Å²) < 4.78 is 30.0. The number of fused-ring (bicyclic) bond motifs is 1. The third kappa shape index (κ3) is 5.45. The molecule has 3 aromatic carbocycles. The van der Waals surface area contributed by atoms with Crippen molar-refractivity contribution in [2.75, 3.05) is 17.7 Å². The molecule has 0 heterocycles. The Labute approximate surface area is 175 Å². The lowest BCUT2D eigenvalue weighted by atomic mass is 10.1. The van der Waals surface area contributed by atoms with Crippen molar-refractivity contribution in [2.45, 2.75) is 25.2 Å². The van der Waals surface area contributed by atoms with E-state index in [1.807, 2.05) is 56.3 Å². The van der Waals surface area contributed by atoms with Gasteiger partial charge in [0.1, 0.15) is 0 Å². The molecule has 7 heteroatoms. The second kappa shape index (κ2) is 9.09. The van der Waals surface area contributed by atoms with Crippen molar-refractivity contribution in [3.05, 3.63) is 71.8 Å². The van der Waals surface area contributed by atoms with E-state index in [0.717, 1.165) is 21.9 Å². The van der Waals surface area contributed by atoms with Crippen molar-refractivity contribution in [3.8, 4) is 0 Å². The molecule has 156 valence electrons. The maximum Gasteiger partial charge on any atom is 0.307 e. The summed E-state index contributed by atoms with van der Waals surface area (Å²) in [5.41, 5.74) is 2.53. The molecule has 0 saturated carbocycles. The molecule has 0 spiro atoms. The molecule has 3 aromatic rings. The molecule has 0 aliphatic heterocycles. The number of rotatable bonds is 7. The summed E-state index contributed by atoms with van der Waals surface area (Å²) in [6.45, 7) is 3.30. The van der Waals surface area contributed by atoms with E-state index in [0.29, 0.717) is 5.69 Å². The Balaban J connectivity index is 1.53. The van der Waals surface area contributed by atoms with Crippen molar-refractivity contribution in [1.82, 2.24) is 0 Å². The summed E-state index contributed by atoms with van der Waals surface area (Å²) in [6, 6.07) is 17.9. The summed E-state index contributed by atoms with van der Waals surface area (Å²) in [7, 11) is -3.65. The average Bonchev–Trinajstić information content (AvgIpc) is 2.73. The number of ether oxygens (including phenoxy) is 1. The Kier molecular flexibility index (Phi) is 6.52. The van der Waals surface area contributed by atoms with Crippen LogP contribution in [-0.4, -0.2) is 32.7 Å². The lowest BCUT2D eigenvalue weighted by Crippen LogP contribution is -2.22. The molecule has 0 saturated heterocycles. The van der Waals surface area contributed by atoms with Gasteiger partial charge < -0.3 is 10.1 Å². The molecule has 1 amide bonds. The van der Waals surface area contributed by atoms with Gasteiger partial charge in [0.15, 0.2) is 16.4 Å². The molecule has 0 unspecified atom stereocenters. The van der Waals surface area contributed by atoms with Gasteiger partial charge in [-0.2, -0.15) is 0 Å². The summed E-state index contributed by atoms with van der Waals surface area (Å²) in [5.74, 6) is -1.60. The minimum absolute atomic E-state index is 0.154. The van der Waals surface area contributed by atoms with Crippen LogP contribution in [0, 0.1) is 13.8 Å². The highest BCUT2D eigenvalue weighted by atomic mass is 32.2. The SMILES string of the molecule is Cc1ccc(C)c(NC(=O)COC(=O)CCS(=O)(=O)c2ccc3ccccc3c2)c1. The summed E-state index contributed by atoms with van der Waals surface area (Å²) >= 11 is 0. The number of hydrogen-bond donors (Lipinski definition) is 1. The third-order valence-corrected chi connectivity index (χ3v) is 6.40. The smallest absolute Gasteiger partial charge is 0.307 e. The standard InChI is InChI=1S/C23H23NO5S/c1-16-7-8-17(2)21(13-16)24-22(25)15-29-23(26)11-12-30(27,28)20-10-9-18-5-3-4-6-19(18)14-20/h3-10,13-14H,11-12,15H2,1-2H3,(H,24,25). The van der Waals surface area contributed by atoms with E-state index in [4.69, 9.17) is 4.74 Å². The van der Waals surface area contributed by atoms with Crippen LogP contribution in [0.3, 0.4) is 0 Å². The second-order valence-corrected chi connectivity index (χ2v) is 9.21. The quantitative estimate of drug-likeness (QED) is 0.582. The Morgan fingerprint density at radius 2 is 1.67 bits per heavy atom. The Hall–Kier alpha value is -3.19. The maximum atomic E-state index is 12.5. The third-order valence-electron chi connectivity index (χ3n) is 4.69. The molecule has 0 fully saturated rings. The van der Waals surface area contributed by atoms with Crippen molar-refractivity contribution < 1.29 is 22.7 Å². The minimum atomic E-state index is -3.65. The summed E-state index contributed by atoms with van der Waals surface area (Å²) in [4.78, 5) is 24.1. The van der Waals surface area contributed by atoms with Crippen LogP contribution in [0.25, 0.3) is 10.8 Å². The molecular formula is C23H23NO5S. The van der Waals surface area contributed by atoms with Gasteiger partial charge in [0.05, 0.1) is 17.1 Å². The Morgan fingerprint density at radius 1 is 0.933 bits per heavy atom. The van der Waals surface area contributed by atoms with Crippen LogP contribution in [0.5, 0.6) is 0 Å². The van der Waals surface area contributed by atoms with Gasteiger partial charge in [0, 0.05) is 5.69 Å². The zero-order valence-electron chi connectivity index (χ0n) is 16.8. The monoisotopic (exact) mass is 425 g/mol. The number of sulfone groups is 1. The van der Waals surface area contributed by atoms with E-state index in [-0.39, 0.29) is 17.1 Å². The molecule has 30 heavy (non-hydrogen) atoms. The normalized spacial score (nSPS) is 11.3. The number of hydrogen-bond acceptors (Lipinski definition) is 5. The van der Waals surface area contributed by atoms with Crippen molar-refractivity contribution in [1.29, 1.82) is 0 Å². The highest BCUT2D eigenvalue weighted by Gasteiger charge is 2.18. The molecule has 1 N–H and O–H groups in total. The molecule has 3 rings (SSSR count). The van der Waals surface area contributed by atoms with Gasteiger partial charge in [-0.05, 0) is 53.9 Å². The van der Waals surface area contributed by atoms with E-state index >= 15 is 0 Å². The molecule has 6 nitrogen and oxygen atoms in total. The topological polar surface area (TPSA) is 89.5 Å². The van der Waals surface area contributed by atoms with Crippen LogP contribution in [0.2, 0.25) is 0 Å². The lowest BCUT2D eigenvalue weighted by Gasteiger charge is -2.10. The van der Waals surface area contributed by atoms with Crippen LogP contribution >= 0.6 is 0 Å². The number of carbonyl (C=O) groups excluding carboxylic acids is 2.